The summed E-state index contributed by atoms with van der Waals surface area (Å²) in [5.41, 5.74) is 0. The Balaban J connectivity index is 0. The van der Waals surface area contributed by atoms with Crippen LogP contribution in [0, 0.1) is 0 Å². The van der Waals surface area contributed by atoms with Crippen molar-refractivity contribution in [3.05, 3.63) is 0 Å². The van der Waals surface area contributed by atoms with Crippen LogP contribution in [-0.4, -0.2) is 5.97 Å². The molecule has 0 aromatic carbocycles. The van der Waals surface area contributed by atoms with Crippen LogP contribution in [0.2, 0.25) is 0 Å². The average molecular weight is 209 g/mol. The van der Waals surface area contributed by atoms with Crippen LogP contribution in [0.4, 0.5) is 0 Å². The minimum absolute atomic E-state index is 0. The molecule has 0 N–H and O–H groups in total. The maximum absolute atomic E-state index is 9.92. The van der Waals surface area contributed by atoms with Gasteiger partial charge in [0.25, 0.3) is 0 Å². The van der Waals surface area contributed by atoms with Crippen molar-refractivity contribution in [2.45, 2.75) is 45.4 Å². The molecule has 0 saturated carbocycles. The normalized spacial score (nSPS) is 8.82. The van der Waals surface area contributed by atoms with Gasteiger partial charge in [0.2, 0.25) is 0 Å². The molecule has 0 saturated heterocycles. The van der Waals surface area contributed by atoms with E-state index in [0.29, 0.717) is 0 Å². The van der Waals surface area contributed by atoms with Gasteiger partial charge in [-0.05, 0) is 12.8 Å². The van der Waals surface area contributed by atoms with Crippen LogP contribution in [0.3, 0.4) is 0 Å². The van der Waals surface area contributed by atoms with Gasteiger partial charge in [-0.25, -0.2) is 0 Å². The zero-order valence-electron chi connectivity index (χ0n) is 7.27. The molecule has 0 aliphatic rings. The summed E-state index contributed by atoms with van der Waals surface area (Å²) in [6, 6.07) is 0. The Morgan fingerprint density at radius 3 is 2.18 bits per heavy atom. The molecule has 0 aromatic rings. The molecular formula is C8H15O2Zn+. The second-order valence-corrected chi connectivity index (χ2v) is 2.54. The predicted octanol–water partition coefficient (Wildman–Crippen LogP) is 1.09. The van der Waals surface area contributed by atoms with Crippen LogP contribution in [0.5, 0.6) is 0 Å². The molecular weight excluding hydrogens is 193 g/mol. The fraction of sp³-hybridized carbons (Fsp3) is 0.875. The van der Waals surface area contributed by atoms with Gasteiger partial charge in [0, 0.05) is 5.97 Å². The van der Waals surface area contributed by atoms with Crippen LogP contribution < -0.4 is 5.11 Å². The predicted molar refractivity (Wildman–Crippen MR) is 38.4 cm³/mol. The smallest absolute Gasteiger partial charge is 0.550 e. The van der Waals surface area contributed by atoms with Gasteiger partial charge in [-0.15, -0.1) is 0 Å². The van der Waals surface area contributed by atoms with Gasteiger partial charge in [0.15, 0.2) is 0 Å². The van der Waals surface area contributed by atoms with E-state index in [1.165, 1.54) is 12.8 Å². The zero-order chi connectivity index (χ0) is 7.82. The maximum Gasteiger partial charge on any atom is 2.00 e. The number of rotatable bonds is 6. The van der Waals surface area contributed by atoms with Crippen LogP contribution in [0.15, 0.2) is 0 Å². The molecule has 3 heteroatoms. The minimum Gasteiger partial charge on any atom is -0.550 e. The van der Waals surface area contributed by atoms with Crippen LogP contribution in [0.25, 0.3) is 0 Å². The third kappa shape index (κ3) is 13.1. The van der Waals surface area contributed by atoms with Gasteiger partial charge in [-0.3, -0.25) is 0 Å². The Morgan fingerprint density at radius 2 is 1.73 bits per heavy atom. The van der Waals surface area contributed by atoms with E-state index in [-0.39, 0.29) is 25.9 Å². The van der Waals surface area contributed by atoms with Crippen molar-refractivity contribution in [3.8, 4) is 0 Å². The van der Waals surface area contributed by atoms with Crippen molar-refractivity contribution < 1.29 is 29.4 Å². The molecule has 0 unspecified atom stereocenters. The number of unbranched alkanes of at least 4 members (excludes halogenated alkanes) is 4. The first-order valence-corrected chi connectivity index (χ1v) is 3.97. The zero-order valence-corrected chi connectivity index (χ0v) is 10.2. The molecule has 0 aromatic heterocycles. The summed E-state index contributed by atoms with van der Waals surface area (Å²) >= 11 is 0. The van der Waals surface area contributed by atoms with Crippen molar-refractivity contribution in [2.75, 3.05) is 0 Å². The van der Waals surface area contributed by atoms with Gasteiger partial charge in [0.05, 0.1) is 0 Å². The number of carbonyl (C=O) groups is 1. The minimum atomic E-state index is -0.920. The average Bonchev–Trinajstić information content (AvgIpc) is 1.87. The van der Waals surface area contributed by atoms with Crippen LogP contribution >= 0.6 is 0 Å². The van der Waals surface area contributed by atoms with E-state index in [2.05, 4.69) is 6.92 Å². The van der Waals surface area contributed by atoms with Gasteiger partial charge >= 0.3 is 19.5 Å². The first-order chi connectivity index (χ1) is 4.77. The molecule has 0 amide bonds. The van der Waals surface area contributed by atoms with Crippen LogP contribution in [0.1, 0.15) is 45.4 Å². The van der Waals surface area contributed by atoms with E-state index in [9.17, 15) is 9.90 Å². The monoisotopic (exact) mass is 207 g/mol. The molecule has 0 heterocycles. The molecule has 0 radical (unpaired) electrons. The Hall–Kier alpha value is 0.0934. The Bertz CT molecular complexity index is 94.1. The fourth-order valence-corrected chi connectivity index (χ4v) is 0.873. The van der Waals surface area contributed by atoms with Gasteiger partial charge in [-0.2, -0.15) is 0 Å². The summed E-state index contributed by atoms with van der Waals surface area (Å²) in [4.78, 5) is 9.92. The van der Waals surface area contributed by atoms with Crippen molar-refractivity contribution in [2.24, 2.45) is 0 Å². The number of hydrogen-bond donors (Lipinski definition) is 0. The number of carboxylic acid groups (broad SMARTS) is 1. The van der Waals surface area contributed by atoms with E-state index < -0.39 is 5.97 Å². The van der Waals surface area contributed by atoms with Crippen LogP contribution in [-0.2, 0) is 24.3 Å². The van der Waals surface area contributed by atoms with Crippen molar-refractivity contribution in [1.82, 2.24) is 0 Å². The molecule has 0 atom stereocenters. The number of carboxylic acids is 1. The topological polar surface area (TPSA) is 40.1 Å². The van der Waals surface area contributed by atoms with E-state index >= 15 is 0 Å². The van der Waals surface area contributed by atoms with E-state index in [0.717, 1.165) is 19.3 Å². The third-order valence-corrected chi connectivity index (χ3v) is 1.48. The second kappa shape index (κ2) is 10.1. The molecule has 60 valence electrons. The van der Waals surface area contributed by atoms with Gasteiger partial charge < -0.3 is 9.90 Å². The Kier molecular flexibility index (Phi) is 12.5. The van der Waals surface area contributed by atoms with E-state index in [4.69, 9.17) is 0 Å². The molecule has 0 fully saturated rings. The Morgan fingerprint density at radius 1 is 1.18 bits per heavy atom. The number of hydrogen-bond acceptors (Lipinski definition) is 2. The first kappa shape index (κ1) is 13.7. The van der Waals surface area contributed by atoms with Crippen molar-refractivity contribution in [1.29, 1.82) is 0 Å². The second-order valence-electron chi connectivity index (χ2n) is 2.54. The largest absolute Gasteiger partial charge is 2.00 e. The molecule has 11 heavy (non-hydrogen) atoms. The van der Waals surface area contributed by atoms with E-state index in [1.807, 2.05) is 0 Å². The number of aliphatic carboxylic acids is 1. The summed E-state index contributed by atoms with van der Waals surface area (Å²) in [5, 5.41) is 9.92. The molecule has 0 rings (SSSR count). The molecule has 0 spiro atoms. The number of carbonyl (C=O) groups excluding carboxylic acids is 1. The summed E-state index contributed by atoms with van der Waals surface area (Å²) in [5.74, 6) is -0.920. The quantitative estimate of drug-likeness (QED) is 0.484. The maximum atomic E-state index is 9.92. The van der Waals surface area contributed by atoms with Crippen molar-refractivity contribution >= 4 is 5.97 Å². The molecule has 0 aliphatic carbocycles. The summed E-state index contributed by atoms with van der Waals surface area (Å²) in [6.07, 6.45) is 5.61. The standard InChI is InChI=1S/C8H16O2.Zn/c1-2-3-4-5-6-7-8(9)10;/h2-7H2,1H3,(H,9,10);/q;+2/p-1. The van der Waals surface area contributed by atoms with E-state index in [1.54, 1.807) is 0 Å². The third-order valence-electron chi connectivity index (χ3n) is 1.48. The summed E-state index contributed by atoms with van der Waals surface area (Å²) in [6.45, 7) is 2.14. The SMILES string of the molecule is CCCCCCCC(=O)[O-].[Zn+2]. The summed E-state index contributed by atoms with van der Waals surface area (Å²) < 4.78 is 0. The summed E-state index contributed by atoms with van der Waals surface area (Å²) in [7, 11) is 0. The fourth-order valence-electron chi connectivity index (χ4n) is 0.873. The Labute approximate surface area is 81.1 Å². The first-order valence-electron chi connectivity index (χ1n) is 3.97. The van der Waals surface area contributed by atoms with Gasteiger partial charge in [0.1, 0.15) is 0 Å². The molecule has 0 bridgehead atoms. The van der Waals surface area contributed by atoms with Crippen molar-refractivity contribution in [3.63, 3.8) is 0 Å². The van der Waals surface area contributed by atoms with Gasteiger partial charge in [-0.1, -0.05) is 32.6 Å². The molecule has 2 nitrogen and oxygen atoms in total. The molecule has 0 aliphatic heterocycles.